The van der Waals surface area contributed by atoms with Gasteiger partial charge in [0.25, 0.3) is 5.69 Å². The van der Waals surface area contributed by atoms with Crippen LogP contribution in [0.1, 0.15) is 12.5 Å². The number of nitro groups is 1. The smallest absolute Gasteiger partial charge is 0.270 e. The van der Waals surface area contributed by atoms with Crippen LogP contribution in [0.5, 0.6) is 0 Å². The molecule has 1 aromatic rings. The molecule has 1 aliphatic heterocycles. The average molecular weight is 261 g/mol. The van der Waals surface area contributed by atoms with Crippen molar-refractivity contribution in [3.63, 3.8) is 0 Å². The molecular formula is C13H15N3O3. The molecule has 0 unspecified atom stereocenters. The van der Waals surface area contributed by atoms with Gasteiger partial charge in [-0.25, -0.2) is 4.99 Å². The number of aliphatic hydroxyl groups excluding tert-OH is 1. The Balaban J connectivity index is 0.000000550. The number of aliphatic hydroxyl groups is 1. The van der Waals surface area contributed by atoms with Crippen LogP contribution in [0, 0.1) is 10.1 Å². The first-order chi connectivity index (χ1) is 9.17. The normalized spacial score (nSPS) is 14.9. The lowest BCUT2D eigenvalue weighted by atomic mass is 10.1. The van der Waals surface area contributed by atoms with E-state index in [2.05, 4.69) is 9.98 Å². The Labute approximate surface area is 111 Å². The Morgan fingerprint density at radius 1 is 1.53 bits per heavy atom. The maximum absolute atomic E-state index is 10.6. The van der Waals surface area contributed by atoms with Crippen molar-refractivity contribution in [2.75, 3.05) is 13.2 Å². The highest BCUT2D eigenvalue weighted by molar-refractivity contribution is 5.92. The van der Waals surface area contributed by atoms with Gasteiger partial charge in [-0.3, -0.25) is 15.1 Å². The van der Waals surface area contributed by atoms with Gasteiger partial charge in [-0.15, -0.1) is 0 Å². The van der Waals surface area contributed by atoms with Gasteiger partial charge in [0.1, 0.15) is 6.34 Å². The van der Waals surface area contributed by atoms with E-state index < -0.39 is 4.92 Å². The van der Waals surface area contributed by atoms with Crippen LogP contribution in [0.25, 0.3) is 6.08 Å². The topological polar surface area (TPSA) is 88.1 Å². The summed E-state index contributed by atoms with van der Waals surface area (Å²) in [6.07, 6.45) is 5.03. The number of aliphatic imine (C=N–C) groups is 2. The Kier molecular flexibility index (Phi) is 6.11. The predicted molar refractivity (Wildman–Crippen MR) is 75.7 cm³/mol. The highest BCUT2D eigenvalue weighted by Gasteiger charge is 2.04. The molecule has 0 amide bonds. The van der Waals surface area contributed by atoms with E-state index >= 15 is 0 Å². The second-order valence-corrected chi connectivity index (χ2v) is 3.62. The lowest BCUT2D eigenvalue weighted by Crippen LogP contribution is -1.96. The van der Waals surface area contributed by atoms with Crippen LogP contribution < -0.4 is 0 Å². The van der Waals surface area contributed by atoms with Crippen LogP contribution in [0.2, 0.25) is 0 Å². The molecule has 0 aliphatic carbocycles. The molecule has 1 heterocycles. The van der Waals surface area contributed by atoms with E-state index in [0.717, 1.165) is 11.1 Å². The summed E-state index contributed by atoms with van der Waals surface area (Å²) in [5.74, 6) is 0. The third kappa shape index (κ3) is 5.22. The zero-order valence-electron chi connectivity index (χ0n) is 10.6. The van der Waals surface area contributed by atoms with Crippen molar-refractivity contribution in [1.29, 1.82) is 0 Å². The van der Waals surface area contributed by atoms with E-state index in [9.17, 15) is 10.1 Å². The summed E-state index contributed by atoms with van der Waals surface area (Å²) in [5, 5.41) is 18.1. The van der Waals surface area contributed by atoms with Crippen LogP contribution in [0.15, 0.2) is 39.8 Å². The molecule has 1 N–H and O–H groups in total. The minimum atomic E-state index is -0.408. The van der Waals surface area contributed by atoms with Gasteiger partial charge in [0.15, 0.2) is 0 Å². The Morgan fingerprint density at radius 2 is 2.26 bits per heavy atom. The molecule has 1 aliphatic rings. The summed E-state index contributed by atoms with van der Waals surface area (Å²) >= 11 is 0. The molecule has 6 nitrogen and oxygen atoms in total. The Hall–Kier alpha value is -2.34. The molecule has 0 saturated carbocycles. The minimum absolute atomic E-state index is 0.0885. The summed E-state index contributed by atoms with van der Waals surface area (Å²) in [7, 11) is 0. The van der Waals surface area contributed by atoms with Gasteiger partial charge in [-0.05, 0) is 24.1 Å². The maximum Gasteiger partial charge on any atom is 0.270 e. The fraction of sp³-hybridized carbons (Fsp3) is 0.231. The van der Waals surface area contributed by atoms with Gasteiger partial charge in [0.05, 0.1) is 11.5 Å². The lowest BCUT2D eigenvalue weighted by Gasteiger charge is -2.01. The molecule has 0 bridgehead atoms. The largest absolute Gasteiger partial charge is 0.397 e. The van der Waals surface area contributed by atoms with Gasteiger partial charge < -0.3 is 5.11 Å². The van der Waals surface area contributed by atoms with Gasteiger partial charge in [0, 0.05) is 25.0 Å². The minimum Gasteiger partial charge on any atom is -0.397 e. The standard InChI is InChI=1S/C11H9N3O2.C2H6O/c15-14(16)11-3-1-2-9(5-11)4-10-6-12-8-13-7-10;1-2-3/h1-6,8H,7H2;3H,2H2,1H3. The first-order valence-electron chi connectivity index (χ1n) is 5.74. The average Bonchev–Trinajstić information content (AvgIpc) is 2.41. The van der Waals surface area contributed by atoms with Crippen LogP contribution in [-0.4, -0.2) is 35.7 Å². The molecule has 6 heteroatoms. The fourth-order valence-corrected chi connectivity index (χ4v) is 1.39. The summed E-state index contributed by atoms with van der Waals surface area (Å²) in [6.45, 7) is 2.49. The molecule has 100 valence electrons. The summed E-state index contributed by atoms with van der Waals surface area (Å²) in [5.41, 5.74) is 1.81. The van der Waals surface area contributed by atoms with Crippen LogP contribution in [0.3, 0.4) is 0 Å². The van der Waals surface area contributed by atoms with Gasteiger partial charge in [-0.1, -0.05) is 12.1 Å². The summed E-state index contributed by atoms with van der Waals surface area (Å²) in [4.78, 5) is 18.1. The van der Waals surface area contributed by atoms with Crippen molar-refractivity contribution >= 4 is 24.3 Å². The van der Waals surface area contributed by atoms with Crippen molar-refractivity contribution in [1.82, 2.24) is 0 Å². The predicted octanol–water partition coefficient (Wildman–Crippen LogP) is 2.09. The van der Waals surface area contributed by atoms with E-state index in [1.165, 1.54) is 18.5 Å². The number of hydrogen-bond donors (Lipinski definition) is 1. The zero-order valence-corrected chi connectivity index (χ0v) is 10.6. The fourth-order valence-electron chi connectivity index (χ4n) is 1.39. The molecule has 19 heavy (non-hydrogen) atoms. The van der Waals surface area contributed by atoms with Gasteiger partial charge in [-0.2, -0.15) is 0 Å². The first-order valence-corrected chi connectivity index (χ1v) is 5.74. The third-order valence-corrected chi connectivity index (χ3v) is 2.10. The summed E-state index contributed by atoms with van der Waals surface area (Å²) in [6, 6.07) is 6.47. The number of hydrogen-bond acceptors (Lipinski definition) is 5. The van der Waals surface area contributed by atoms with E-state index in [1.807, 2.05) is 12.1 Å². The second-order valence-electron chi connectivity index (χ2n) is 3.62. The highest BCUT2D eigenvalue weighted by atomic mass is 16.6. The lowest BCUT2D eigenvalue weighted by molar-refractivity contribution is -0.384. The second kappa shape index (κ2) is 7.88. The first kappa shape index (κ1) is 14.7. The van der Waals surface area contributed by atoms with Crippen molar-refractivity contribution in [3.05, 3.63) is 45.5 Å². The molecule has 2 rings (SSSR count). The van der Waals surface area contributed by atoms with Crippen molar-refractivity contribution in [2.45, 2.75) is 6.92 Å². The molecule has 0 fully saturated rings. The number of benzene rings is 1. The number of rotatable bonds is 2. The molecular weight excluding hydrogens is 246 g/mol. The van der Waals surface area contributed by atoms with E-state index in [1.54, 1.807) is 19.2 Å². The molecule has 0 radical (unpaired) electrons. The zero-order chi connectivity index (χ0) is 14.1. The van der Waals surface area contributed by atoms with Crippen LogP contribution >= 0.6 is 0 Å². The third-order valence-electron chi connectivity index (χ3n) is 2.10. The molecule has 0 aromatic heterocycles. The van der Waals surface area contributed by atoms with Crippen LogP contribution in [-0.2, 0) is 0 Å². The van der Waals surface area contributed by atoms with E-state index in [0.29, 0.717) is 6.54 Å². The quantitative estimate of drug-likeness (QED) is 0.653. The van der Waals surface area contributed by atoms with Crippen molar-refractivity contribution < 1.29 is 10.0 Å². The van der Waals surface area contributed by atoms with E-state index in [-0.39, 0.29) is 12.3 Å². The van der Waals surface area contributed by atoms with Crippen LogP contribution in [0.4, 0.5) is 5.69 Å². The Bertz CT molecular complexity index is 522. The molecule has 1 aromatic carbocycles. The van der Waals surface area contributed by atoms with Gasteiger partial charge in [0.2, 0.25) is 0 Å². The number of nitro benzene ring substituents is 1. The van der Waals surface area contributed by atoms with Gasteiger partial charge >= 0.3 is 0 Å². The monoisotopic (exact) mass is 261 g/mol. The van der Waals surface area contributed by atoms with Crippen molar-refractivity contribution in [2.24, 2.45) is 9.98 Å². The number of non-ortho nitro benzene ring substituents is 1. The highest BCUT2D eigenvalue weighted by Crippen LogP contribution is 2.15. The Morgan fingerprint density at radius 3 is 2.84 bits per heavy atom. The van der Waals surface area contributed by atoms with E-state index in [4.69, 9.17) is 5.11 Å². The summed E-state index contributed by atoms with van der Waals surface area (Å²) < 4.78 is 0. The molecule has 0 spiro atoms. The molecule has 0 saturated heterocycles. The molecule has 0 atom stereocenters. The number of nitrogens with zero attached hydrogens (tertiary/aromatic N) is 3. The van der Waals surface area contributed by atoms with Crippen molar-refractivity contribution in [3.8, 4) is 0 Å². The maximum atomic E-state index is 10.6. The SMILES string of the molecule is CCO.O=[N+]([O-])c1cccc(C=C2C=NC=NC2)c1.